The van der Waals surface area contributed by atoms with Crippen molar-refractivity contribution in [1.29, 1.82) is 0 Å². The van der Waals surface area contributed by atoms with Crippen molar-refractivity contribution in [2.24, 2.45) is 0 Å². The lowest BCUT2D eigenvalue weighted by Crippen LogP contribution is -2.14. The molecule has 106 valence electrons. The summed E-state index contributed by atoms with van der Waals surface area (Å²) in [6.45, 7) is 0. The predicted octanol–water partition coefficient (Wildman–Crippen LogP) is 4.01. The molecule has 0 spiro atoms. The lowest BCUT2D eigenvalue weighted by molar-refractivity contribution is 0.175. The third-order valence-electron chi connectivity index (χ3n) is 2.92. The van der Waals surface area contributed by atoms with Crippen molar-refractivity contribution >= 4 is 15.9 Å². The van der Waals surface area contributed by atoms with Crippen molar-refractivity contribution < 1.29 is 18.3 Å². The second-order valence-corrected chi connectivity index (χ2v) is 5.40. The van der Waals surface area contributed by atoms with E-state index in [1.54, 1.807) is 6.07 Å². The Kier molecular flexibility index (Phi) is 4.83. The maximum atomic E-state index is 13.1. The molecule has 5 heteroatoms. The highest BCUT2D eigenvalue weighted by Gasteiger charge is 2.12. The molecule has 20 heavy (non-hydrogen) atoms. The summed E-state index contributed by atoms with van der Waals surface area (Å²) >= 11 is 3.28. The number of hydrogen-bond acceptors (Lipinski definition) is 1. The molecule has 0 saturated carbocycles. The zero-order chi connectivity index (χ0) is 14.7. The number of benzene rings is 2. The van der Waals surface area contributed by atoms with Gasteiger partial charge in [-0.2, -0.15) is 0 Å². The van der Waals surface area contributed by atoms with Gasteiger partial charge in [-0.3, -0.25) is 0 Å². The van der Waals surface area contributed by atoms with Gasteiger partial charge in [-0.1, -0.05) is 22.0 Å². The third-order valence-corrected chi connectivity index (χ3v) is 3.69. The SMILES string of the molecule is OC(Cc1ccc(F)c(F)c1)Cc1cc(F)ccc1Br. The Bertz CT molecular complexity index is 616. The van der Waals surface area contributed by atoms with E-state index >= 15 is 0 Å². The van der Waals surface area contributed by atoms with Crippen LogP contribution in [-0.2, 0) is 12.8 Å². The molecule has 1 atom stereocenters. The van der Waals surface area contributed by atoms with Crippen molar-refractivity contribution in [2.45, 2.75) is 18.9 Å². The molecule has 0 bridgehead atoms. The summed E-state index contributed by atoms with van der Waals surface area (Å²) < 4.78 is 39.7. The van der Waals surface area contributed by atoms with E-state index in [9.17, 15) is 18.3 Å². The van der Waals surface area contributed by atoms with Gasteiger partial charge in [-0.15, -0.1) is 0 Å². The minimum atomic E-state index is -0.943. The summed E-state index contributed by atoms with van der Waals surface area (Å²) in [5, 5.41) is 9.97. The van der Waals surface area contributed by atoms with Crippen LogP contribution in [0.4, 0.5) is 13.2 Å². The average Bonchev–Trinajstić information content (AvgIpc) is 2.38. The summed E-state index contributed by atoms with van der Waals surface area (Å²) in [6, 6.07) is 7.71. The summed E-state index contributed by atoms with van der Waals surface area (Å²) in [5.74, 6) is -2.25. The monoisotopic (exact) mass is 344 g/mol. The molecule has 0 aliphatic heterocycles. The number of rotatable bonds is 4. The molecule has 0 radical (unpaired) electrons. The first-order valence-electron chi connectivity index (χ1n) is 6.01. The second-order valence-electron chi connectivity index (χ2n) is 4.55. The van der Waals surface area contributed by atoms with E-state index in [1.807, 2.05) is 0 Å². The van der Waals surface area contributed by atoms with Gasteiger partial charge in [0.25, 0.3) is 0 Å². The molecule has 2 aromatic carbocycles. The van der Waals surface area contributed by atoms with Crippen LogP contribution < -0.4 is 0 Å². The Morgan fingerprint density at radius 1 is 0.950 bits per heavy atom. The highest BCUT2D eigenvalue weighted by molar-refractivity contribution is 9.10. The average molecular weight is 345 g/mol. The summed E-state index contributed by atoms with van der Waals surface area (Å²) in [5.41, 5.74) is 1.11. The topological polar surface area (TPSA) is 20.2 Å². The number of aliphatic hydroxyl groups is 1. The Morgan fingerprint density at radius 3 is 2.40 bits per heavy atom. The van der Waals surface area contributed by atoms with Crippen LogP contribution in [-0.4, -0.2) is 11.2 Å². The summed E-state index contributed by atoms with van der Waals surface area (Å²) in [4.78, 5) is 0. The van der Waals surface area contributed by atoms with Crippen molar-refractivity contribution in [3.8, 4) is 0 Å². The van der Waals surface area contributed by atoms with Crippen LogP contribution in [0.2, 0.25) is 0 Å². The van der Waals surface area contributed by atoms with Crippen LogP contribution in [0.1, 0.15) is 11.1 Å². The smallest absolute Gasteiger partial charge is 0.159 e. The largest absolute Gasteiger partial charge is 0.392 e. The molecule has 0 saturated heterocycles. The molecule has 0 aliphatic rings. The first-order chi connectivity index (χ1) is 9.45. The van der Waals surface area contributed by atoms with Crippen molar-refractivity contribution in [3.63, 3.8) is 0 Å². The maximum absolute atomic E-state index is 13.1. The van der Waals surface area contributed by atoms with E-state index in [2.05, 4.69) is 15.9 Å². The molecule has 0 heterocycles. The zero-order valence-electron chi connectivity index (χ0n) is 10.4. The fraction of sp³-hybridized carbons (Fsp3) is 0.200. The Labute approximate surface area is 123 Å². The van der Waals surface area contributed by atoms with Gasteiger partial charge in [0.05, 0.1) is 6.10 Å². The van der Waals surface area contributed by atoms with Crippen LogP contribution in [0, 0.1) is 17.5 Å². The van der Waals surface area contributed by atoms with Crippen LogP contribution in [0.25, 0.3) is 0 Å². The van der Waals surface area contributed by atoms with E-state index in [0.717, 1.165) is 12.1 Å². The lowest BCUT2D eigenvalue weighted by atomic mass is 10.0. The molecule has 1 N–H and O–H groups in total. The highest BCUT2D eigenvalue weighted by atomic mass is 79.9. The zero-order valence-corrected chi connectivity index (χ0v) is 12.0. The molecule has 0 aromatic heterocycles. The predicted molar refractivity (Wildman–Crippen MR) is 73.9 cm³/mol. The molecule has 0 amide bonds. The molecule has 2 rings (SSSR count). The quantitative estimate of drug-likeness (QED) is 0.888. The third kappa shape index (κ3) is 3.84. The summed E-state index contributed by atoms with van der Waals surface area (Å²) in [6.07, 6.45) is -0.421. The second kappa shape index (κ2) is 6.41. The molecular weight excluding hydrogens is 333 g/mol. The number of halogens is 4. The molecule has 0 fully saturated rings. The van der Waals surface area contributed by atoms with Crippen molar-refractivity contribution in [3.05, 3.63) is 69.4 Å². The highest BCUT2D eigenvalue weighted by Crippen LogP contribution is 2.20. The fourth-order valence-electron chi connectivity index (χ4n) is 1.96. The van der Waals surface area contributed by atoms with E-state index in [0.29, 0.717) is 15.6 Å². The van der Waals surface area contributed by atoms with Crippen LogP contribution in [0.3, 0.4) is 0 Å². The van der Waals surface area contributed by atoms with Gasteiger partial charge in [-0.25, -0.2) is 13.2 Å². The molecule has 0 aliphatic carbocycles. The molecule has 2 aromatic rings. The Morgan fingerprint density at radius 2 is 1.70 bits per heavy atom. The van der Waals surface area contributed by atoms with E-state index < -0.39 is 17.7 Å². The molecule has 1 unspecified atom stereocenters. The number of hydrogen-bond donors (Lipinski definition) is 1. The fourth-order valence-corrected chi connectivity index (χ4v) is 2.37. The molecular formula is C15H12BrF3O. The van der Waals surface area contributed by atoms with Gasteiger partial charge in [0, 0.05) is 4.47 Å². The van der Waals surface area contributed by atoms with Crippen LogP contribution in [0.15, 0.2) is 40.9 Å². The first kappa shape index (κ1) is 15.1. The first-order valence-corrected chi connectivity index (χ1v) is 6.81. The Balaban J connectivity index is 2.06. The number of aliphatic hydroxyl groups excluding tert-OH is 1. The lowest BCUT2D eigenvalue weighted by Gasteiger charge is -2.12. The summed E-state index contributed by atoms with van der Waals surface area (Å²) in [7, 11) is 0. The Hall–Kier alpha value is -1.33. The van der Waals surface area contributed by atoms with Gasteiger partial charge in [0.15, 0.2) is 11.6 Å². The van der Waals surface area contributed by atoms with Gasteiger partial charge < -0.3 is 5.11 Å². The normalized spacial score (nSPS) is 12.4. The van der Waals surface area contributed by atoms with Gasteiger partial charge in [0.1, 0.15) is 5.82 Å². The minimum Gasteiger partial charge on any atom is -0.392 e. The van der Waals surface area contributed by atoms with Gasteiger partial charge in [0.2, 0.25) is 0 Å². The van der Waals surface area contributed by atoms with Gasteiger partial charge in [-0.05, 0) is 54.3 Å². The standard InChI is InChI=1S/C15H12BrF3O/c16-13-3-2-11(17)7-10(13)8-12(20)5-9-1-4-14(18)15(19)6-9/h1-4,6-7,12,20H,5,8H2. The molecule has 1 nitrogen and oxygen atoms in total. The van der Waals surface area contributed by atoms with E-state index in [4.69, 9.17) is 0 Å². The van der Waals surface area contributed by atoms with Crippen LogP contribution >= 0.6 is 15.9 Å². The van der Waals surface area contributed by atoms with Crippen molar-refractivity contribution in [1.82, 2.24) is 0 Å². The van der Waals surface area contributed by atoms with E-state index in [-0.39, 0.29) is 18.7 Å². The van der Waals surface area contributed by atoms with Crippen molar-refractivity contribution in [2.75, 3.05) is 0 Å². The van der Waals surface area contributed by atoms with E-state index in [1.165, 1.54) is 18.2 Å². The minimum absolute atomic E-state index is 0.167. The maximum Gasteiger partial charge on any atom is 0.159 e. The van der Waals surface area contributed by atoms with Gasteiger partial charge >= 0.3 is 0 Å². The van der Waals surface area contributed by atoms with Crippen LogP contribution in [0.5, 0.6) is 0 Å².